The number of nitrogens with zero attached hydrogens (tertiary/aromatic N) is 5. The minimum absolute atomic E-state index is 0.370. The molecule has 2 atom stereocenters. The van der Waals surface area contributed by atoms with Crippen LogP contribution in [0.5, 0.6) is 0 Å². The highest BCUT2D eigenvalue weighted by Crippen LogP contribution is 2.41. The molecule has 2 bridgehead atoms. The summed E-state index contributed by atoms with van der Waals surface area (Å²) in [4.78, 5) is 47.7. The van der Waals surface area contributed by atoms with Crippen LogP contribution in [0.4, 0.5) is 0 Å². The van der Waals surface area contributed by atoms with Gasteiger partial charge in [0.2, 0.25) is 0 Å². The Morgan fingerprint density at radius 1 is 0.758 bits per heavy atom. The number of carbonyl (C=O) groups excluding carboxylic acids is 1. The van der Waals surface area contributed by atoms with Gasteiger partial charge in [0.1, 0.15) is 0 Å². The standard InChI is InChI=1S/C25H19N5O3/c1-27-21-20(17-11-5-2-6-12-17)26-25(22(27)31,18-13-7-3-8-14-18)30-24(33)28(23(32)29(21)30)19-15-9-4-10-16-19/h2-16,21H,1H3/t21-,25-/m1/s1. The summed E-state index contributed by atoms with van der Waals surface area (Å²) in [5.41, 5.74) is -0.604. The van der Waals surface area contributed by atoms with E-state index in [1.54, 1.807) is 55.6 Å². The van der Waals surface area contributed by atoms with E-state index in [1.807, 2.05) is 42.5 Å². The van der Waals surface area contributed by atoms with Crippen molar-refractivity contribution in [2.75, 3.05) is 7.05 Å². The predicted octanol–water partition coefficient (Wildman–Crippen LogP) is 1.98. The Labute approximate surface area is 188 Å². The first kappa shape index (κ1) is 19.2. The zero-order valence-electron chi connectivity index (χ0n) is 17.7. The summed E-state index contributed by atoms with van der Waals surface area (Å²) in [5, 5.41) is 0. The monoisotopic (exact) mass is 437 g/mol. The van der Waals surface area contributed by atoms with E-state index in [0.717, 1.165) is 10.1 Å². The SMILES string of the molecule is CN1C(=O)[C@]2(c3ccccc3)N=C(c3ccccc3)[C@H]1n1c(=O)n(-c3ccccc3)c(=O)n12. The zero-order valence-corrected chi connectivity index (χ0v) is 17.7. The highest BCUT2D eigenvalue weighted by Gasteiger charge is 2.59. The molecule has 7 rings (SSSR count). The Bertz CT molecular complexity index is 1530. The normalized spacial score (nSPS) is 21.1. The number of aromatic nitrogens is 3. The first-order chi connectivity index (χ1) is 16.1. The topological polar surface area (TPSA) is 81.6 Å². The van der Waals surface area contributed by atoms with Gasteiger partial charge < -0.3 is 4.90 Å². The van der Waals surface area contributed by atoms with Crippen LogP contribution in [0.1, 0.15) is 17.3 Å². The molecular formula is C25H19N5O3. The summed E-state index contributed by atoms with van der Waals surface area (Å²) >= 11 is 0. The van der Waals surface area contributed by atoms with Crippen LogP contribution in [-0.2, 0) is 10.5 Å². The van der Waals surface area contributed by atoms with E-state index in [9.17, 15) is 14.4 Å². The van der Waals surface area contributed by atoms with Gasteiger partial charge in [-0.3, -0.25) is 4.79 Å². The molecule has 8 nitrogen and oxygen atoms in total. The Kier molecular flexibility index (Phi) is 3.95. The Morgan fingerprint density at radius 3 is 1.97 bits per heavy atom. The second-order valence-electron chi connectivity index (χ2n) is 8.08. The predicted molar refractivity (Wildman–Crippen MR) is 123 cm³/mol. The molecule has 0 unspecified atom stereocenters. The smallest absolute Gasteiger partial charge is 0.314 e. The summed E-state index contributed by atoms with van der Waals surface area (Å²) < 4.78 is 3.68. The van der Waals surface area contributed by atoms with E-state index in [4.69, 9.17) is 4.99 Å². The molecule has 0 spiro atoms. The van der Waals surface area contributed by atoms with Gasteiger partial charge in [0.05, 0.1) is 11.4 Å². The quantitative estimate of drug-likeness (QED) is 0.492. The van der Waals surface area contributed by atoms with Crippen molar-refractivity contribution < 1.29 is 4.79 Å². The summed E-state index contributed by atoms with van der Waals surface area (Å²) in [6.07, 6.45) is -0.851. The van der Waals surface area contributed by atoms with Gasteiger partial charge in [-0.2, -0.15) is 9.36 Å². The molecule has 3 aliphatic heterocycles. The van der Waals surface area contributed by atoms with Crippen molar-refractivity contribution >= 4 is 11.6 Å². The molecule has 162 valence electrons. The molecule has 0 fully saturated rings. The fourth-order valence-corrected chi connectivity index (χ4v) is 4.80. The number of hydrogen-bond acceptors (Lipinski definition) is 4. The maximum absolute atomic E-state index is 13.8. The first-order valence-electron chi connectivity index (χ1n) is 10.6. The van der Waals surface area contributed by atoms with Crippen molar-refractivity contribution in [3.63, 3.8) is 0 Å². The van der Waals surface area contributed by atoms with Crippen molar-refractivity contribution in [3.05, 3.63) is 123 Å². The lowest BCUT2D eigenvalue weighted by molar-refractivity contribution is -0.147. The molecule has 4 heterocycles. The molecule has 0 N–H and O–H groups in total. The molecule has 8 heteroatoms. The highest BCUT2D eigenvalue weighted by atomic mass is 16.2. The fraction of sp³-hybridized carbons (Fsp3) is 0.120. The largest absolute Gasteiger partial charge is 0.354 e. The molecule has 3 aliphatic rings. The van der Waals surface area contributed by atoms with E-state index < -0.39 is 23.2 Å². The number of para-hydroxylation sites is 1. The van der Waals surface area contributed by atoms with Gasteiger partial charge in [0.15, 0.2) is 6.17 Å². The van der Waals surface area contributed by atoms with Crippen molar-refractivity contribution in [2.45, 2.75) is 11.8 Å². The minimum Gasteiger partial charge on any atom is -0.314 e. The third kappa shape index (κ3) is 2.40. The third-order valence-electron chi connectivity index (χ3n) is 6.29. The van der Waals surface area contributed by atoms with Crippen LogP contribution in [0, 0.1) is 0 Å². The average molecular weight is 437 g/mol. The molecule has 3 aromatic carbocycles. The van der Waals surface area contributed by atoms with Gasteiger partial charge >= 0.3 is 11.4 Å². The second kappa shape index (κ2) is 6.77. The van der Waals surface area contributed by atoms with Crippen LogP contribution >= 0.6 is 0 Å². The number of benzene rings is 3. The van der Waals surface area contributed by atoms with Gasteiger partial charge in [0, 0.05) is 12.6 Å². The zero-order chi connectivity index (χ0) is 22.7. The molecular weight excluding hydrogens is 418 g/mol. The van der Waals surface area contributed by atoms with Gasteiger partial charge in [-0.1, -0.05) is 78.9 Å². The van der Waals surface area contributed by atoms with Gasteiger partial charge in [-0.15, -0.1) is 0 Å². The number of hydrogen-bond donors (Lipinski definition) is 0. The molecule has 0 radical (unpaired) electrons. The number of fused-ring (bicyclic) bond motifs is 1. The molecule has 1 aromatic heterocycles. The van der Waals surface area contributed by atoms with E-state index in [1.165, 1.54) is 14.3 Å². The first-order valence-corrected chi connectivity index (χ1v) is 10.6. The summed E-state index contributed by atoms with van der Waals surface area (Å²) in [5.74, 6) is -0.370. The molecule has 0 saturated heterocycles. The maximum Gasteiger partial charge on any atom is 0.354 e. The van der Waals surface area contributed by atoms with Gasteiger partial charge in [-0.25, -0.2) is 19.1 Å². The number of aliphatic imine (C=N–C) groups is 1. The highest BCUT2D eigenvalue weighted by molar-refractivity contribution is 6.10. The van der Waals surface area contributed by atoms with Crippen molar-refractivity contribution in [3.8, 4) is 5.69 Å². The molecule has 0 aliphatic carbocycles. The van der Waals surface area contributed by atoms with E-state index >= 15 is 0 Å². The Morgan fingerprint density at radius 2 is 1.33 bits per heavy atom. The van der Waals surface area contributed by atoms with Crippen molar-refractivity contribution in [1.82, 2.24) is 18.8 Å². The van der Waals surface area contributed by atoms with E-state index in [0.29, 0.717) is 17.0 Å². The number of amides is 1. The van der Waals surface area contributed by atoms with Gasteiger partial charge in [0.25, 0.3) is 11.6 Å². The van der Waals surface area contributed by atoms with E-state index in [-0.39, 0.29) is 5.91 Å². The van der Waals surface area contributed by atoms with Crippen LogP contribution < -0.4 is 11.4 Å². The number of carbonyl (C=O) groups is 1. The molecule has 1 amide bonds. The van der Waals surface area contributed by atoms with Crippen molar-refractivity contribution in [2.24, 2.45) is 4.99 Å². The second-order valence-corrected chi connectivity index (χ2v) is 8.08. The van der Waals surface area contributed by atoms with Crippen molar-refractivity contribution in [1.29, 1.82) is 0 Å². The van der Waals surface area contributed by atoms with Crippen LogP contribution in [0.25, 0.3) is 5.69 Å². The van der Waals surface area contributed by atoms with Crippen LogP contribution in [-0.4, -0.2) is 37.5 Å². The Hall–Kier alpha value is -4.46. The van der Waals surface area contributed by atoms with Crippen LogP contribution in [0.2, 0.25) is 0 Å². The Balaban J connectivity index is 1.77. The lowest BCUT2D eigenvalue weighted by Gasteiger charge is -2.48. The molecule has 33 heavy (non-hydrogen) atoms. The maximum atomic E-state index is 13.8. The third-order valence-corrected chi connectivity index (χ3v) is 6.29. The van der Waals surface area contributed by atoms with Crippen LogP contribution in [0.3, 0.4) is 0 Å². The van der Waals surface area contributed by atoms with E-state index in [2.05, 4.69) is 0 Å². The summed E-state index contributed by atoms with van der Waals surface area (Å²) in [6.45, 7) is 0. The summed E-state index contributed by atoms with van der Waals surface area (Å²) in [7, 11) is 1.64. The number of likely N-dealkylation sites (N-methyl/N-ethyl adjacent to an activating group) is 1. The van der Waals surface area contributed by atoms with Gasteiger partial charge in [-0.05, 0) is 17.7 Å². The summed E-state index contributed by atoms with van der Waals surface area (Å²) in [6, 6.07) is 27.0. The molecule has 4 aromatic rings. The van der Waals surface area contributed by atoms with Crippen LogP contribution in [0.15, 0.2) is 106 Å². The molecule has 0 saturated carbocycles. The lowest BCUT2D eigenvalue weighted by atomic mass is 9.91. The fourth-order valence-electron chi connectivity index (χ4n) is 4.80. The minimum atomic E-state index is -1.73. The lowest BCUT2D eigenvalue weighted by Crippen LogP contribution is -2.67. The number of rotatable bonds is 3. The average Bonchev–Trinajstić information content (AvgIpc) is 3.14.